The number of Topliss-reactive ketones (excluding diaryl/α,β-unsaturated/α-hetero) is 1. The van der Waals surface area contributed by atoms with Gasteiger partial charge in [0.2, 0.25) is 0 Å². The van der Waals surface area contributed by atoms with Crippen molar-refractivity contribution >= 4 is 11.8 Å². The van der Waals surface area contributed by atoms with Crippen molar-refractivity contribution in [2.75, 3.05) is 13.7 Å². The van der Waals surface area contributed by atoms with Gasteiger partial charge >= 0.3 is 5.97 Å². The molecule has 0 bridgehead atoms. The van der Waals surface area contributed by atoms with Gasteiger partial charge in [0.05, 0.1) is 19.6 Å². The molecule has 0 saturated carbocycles. The molecule has 0 amide bonds. The second-order valence-corrected chi connectivity index (χ2v) is 3.86. The predicted molar refractivity (Wildman–Crippen MR) is 67.4 cm³/mol. The maximum atomic E-state index is 11.8. The summed E-state index contributed by atoms with van der Waals surface area (Å²) in [5, 5.41) is 0. The quantitative estimate of drug-likeness (QED) is 0.550. The normalized spacial score (nSPS) is 10.1. The smallest absolute Gasteiger partial charge is 0.306 e. The van der Waals surface area contributed by atoms with Crippen LogP contribution < -0.4 is 0 Å². The van der Waals surface area contributed by atoms with E-state index in [1.54, 1.807) is 26.2 Å². The van der Waals surface area contributed by atoms with Crippen LogP contribution in [0, 0.1) is 0 Å². The molecule has 1 rings (SSSR count). The van der Waals surface area contributed by atoms with Crippen LogP contribution >= 0.6 is 0 Å². The third-order valence-electron chi connectivity index (χ3n) is 2.45. The van der Waals surface area contributed by atoms with Crippen molar-refractivity contribution in [2.45, 2.75) is 26.4 Å². The van der Waals surface area contributed by atoms with Crippen molar-refractivity contribution in [1.82, 2.24) is 0 Å². The molecule has 0 heterocycles. The van der Waals surface area contributed by atoms with Gasteiger partial charge in [0.1, 0.15) is 0 Å². The Kier molecular flexibility index (Phi) is 6.08. The van der Waals surface area contributed by atoms with Gasteiger partial charge in [0.25, 0.3) is 0 Å². The number of ketones is 1. The van der Waals surface area contributed by atoms with Crippen molar-refractivity contribution in [1.29, 1.82) is 0 Å². The van der Waals surface area contributed by atoms with Crippen molar-refractivity contribution in [3.05, 3.63) is 35.4 Å². The average Bonchev–Trinajstić information content (AvgIpc) is 2.37. The first-order valence-corrected chi connectivity index (χ1v) is 5.94. The maximum Gasteiger partial charge on any atom is 0.306 e. The summed E-state index contributed by atoms with van der Waals surface area (Å²) < 4.78 is 9.76. The molecule has 1 aromatic carbocycles. The van der Waals surface area contributed by atoms with Gasteiger partial charge in [-0.2, -0.15) is 0 Å². The van der Waals surface area contributed by atoms with Gasteiger partial charge in [0, 0.05) is 19.1 Å². The lowest BCUT2D eigenvalue weighted by Gasteiger charge is -2.03. The number of hydrogen-bond acceptors (Lipinski definition) is 4. The van der Waals surface area contributed by atoms with Gasteiger partial charge in [-0.15, -0.1) is 0 Å². The van der Waals surface area contributed by atoms with Gasteiger partial charge in [-0.3, -0.25) is 9.59 Å². The highest BCUT2D eigenvalue weighted by Crippen LogP contribution is 2.09. The van der Waals surface area contributed by atoms with E-state index in [-0.39, 0.29) is 24.6 Å². The fourth-order valence-corrected chi connectivity index (χ4v) is 1.55. The second kappa shape index (κ2) is 7.61. The first-order valence-electron chi connectivity index (χ1n) is 5.94. The molecule has 4 nitrogen and oxygen atoms in total. The number of carbonyl (C=O) groups excluding carboxylic acids is 2. The van der Waals surface area contributed by atoms with Gasteiger partial charge in [-0.1, -0.05) is 24.3 Å². The number of rotatable bonds is 7. The van der Waals surface area contributed by atoms with Crippen LogP contribution in [0.4, 0.5) is 0 Å². The highest BCUT2D eigenvalue weighted by Gasteiger charge is 2.09. The lowest BCUT2D eigenvalue weighted by molar-refractivity contribution is -0.143. The summed E-state index contributed by atoms with van der Waals surface area (Å²) in [4.78, 5) is 22.9. The van der Waals surface area contributed by atoms with Crippen molar-refractivity contribution in [3.63, 3.8) is 0 Å². The Morgan fingerprint density at radius 3 is 2.33 bits per heavy atom. The summed E-state index contributed by atoms with van der Waals surface area (Å²) in [5.74, 6) is -0.381. The van der Waals surface area contributed by atoms with E-state index in [1.165, 1.54) is 0 Å². The van der Waals surface area contributed by atoms with E-state index in [1.807, 2.05) is 12.1 Å². The maximum absolute atomic E-state index is 11.8. The summed E-state index contributed by atoms with van der Waals surface area (Å²) in [6.07, 6.45) is 0.314. The van der Waals surface area contributed by atoms with E-state index in [4.69, 9.17) is 9.47 Å². The standard InChI is InChI=1S/C14H18O4/c1-3-18-14(16)9-8-13(15)12-6-4-11(5-7-12)10-17-2/h4-7H,3,8-10H2,1-2H3. The molecule has 4 heteroatoms. The highest BCUT2D eigenvalue weighted by molar-refractivity contribution is 5.97. The molecule has 0 saturated heterocycles. The summed E-state index contributed by atoms with van der Waals surface area (Å²) in [7, 11) is 1.62. The van der Waals surface area contributed by atoms with Gasteiger partial charge < -0.3 is 9.47 Å². The first-order chi connectivity index (χ1) is 8.67. The summed E-state index contributed by atoms with van der Waals surface area (Å²) in [5.41, 5.74) is 1.62. The zero-order valence-electron chi connectivity index (χ0n) is 10.8. The Morgan fingerprint density at radius 2 is 1.78 bits per heavy atom. The third-order valence-corrected chi connectivity index (χ3v) is 2.45. The van der Waals surface area contributed by atoms with E-state index in [0.29, 0.717) is 18.8 Å². The van der Waals surface area contributed by atoms with E-state index in [0.717, 1.165) is 5.56 Å². The minimum absolute atomic E-state index is 0.0491. The van der Waals surface area contributed by atoms with Gasteiger partial charge in [0.15, 0.2) is 5.78 Å². The summed E-state index contributed by atoms with van der Waals surface area (Å²) in [6.45, 7) is 2.62. The molecule has 0 radical (unpaired) electrons. The Labute approximate surface area is 107 Å². The van der Waals surface area contributed by atoms with Crippen LogP contribution in [0.5, 0.6) is 0 Å². The number of hydrogen-bond donors (Lipinski definition) is 0. The van der Waals surface area contributed by atoms with Gasteiger partial charge in [-0.25, -0.2) is 0 Å². The molecule has 0 fully saturated rings. The Bertz CT molecular complexity index is 395. The molecule has 0 unspecified atom stereocenters. The first kappa shape index (κ1) is 14.4. The van der Waals surface area contributed by atoms with E-state index in [2.05, 4.69) is 0 Å². The zero-order chi connectivity index (χ0) is 13.4. The lowest BCUT2D eigenvalue weighted by atomic mass is 10.1. The Morgan fingerprint density at radius 1 is 1.11 bits per heavy atom. The van der Waals surface area contributed by atoms with E-state index < -0.39 is 0 Å². The van der Waals surface area contributed by atoms with Crippen LogP contribution in [0.2, 0.25) is 0 Å². The second-order valence-electron chi connectivity index (χ2n) is 3.86. The zero-order valence-corrected chi connectivity index (χ0v) is 10.8. The minimum Gasteiger partial charge on any atom is -0.466 e. The molecule has 0 aliphatic carbocycles. The van der Waals surface area contributed by atoms with Crippen LogP contribution in [0.3, 0.4) is 0 Å². The van der Waals surface area contributed by atoms with Crippen LogP contribution in [0.1, 0.15) is 35.7 Å². The Hall–Kier alpha value is -1.68. The Balaban J connectivity index is 2.48. The number of benzene rings is 1. The highest BCUT2D eigenvalue weighted by atomic mass is 16.5. The van der Waals surface area contributed by atoms with Crippen LogP contribution in [-0.4, -0.2) is 25.5 Å². The molecule has 0 aromatic heterocycles. The summed E-state index contributed by atoms with van der Waals surface area (Å²) in [6, 6.07) is 7.20. The third kappa shape index (κ3) is 4.67. The fraction of sp³-hybridized carbons (Fsp3) is 0.429. The van der Waals surface area contributed by atoms with Crippen LogP contribution in [-0.2, 0) is 20.9 Å². The molecule has 0 atom stereocenters. The molecule has 0 spiro atoms. The predicted octanol–water partition coefficient (Wildman–Crippen LogP) is 2.36. The topological polar surface area (TPSA) is 52.6 Å². The monoisotopic (exact) mass is 250 g/mol. The molecule has 1 aromatic rings. The largest absolute Gasteiger partial charge is 0.466 e. The molecule has 0 aliphatic rings. The number of methoxy groups -OCH3 is 1. The molecule has 98 valence electrons. The molecule has 0 aliphatic heterocycles. The molecular formula is C14H18O4. The van der Waals surface area contributed by atoms with Crippen molar-refractivity contribution in [2.24, 2.45) is 0 Å². The van der Waals surface area contributed by atoms with E-state index in [9.17, 15) is 9.59 Å². The summed E-state index contributed by atoms with van der Waals surface area (Å²) >= 11 is 0. The number of ether oxygens (including phenoxy) is 2. The number of esters is 1. The van der Waals surface area contributed by atoms with Gasteiger partial charge in [-0.05, 0) is 12.5 Å². The lowest BCUT2D eigenvalue weighted by Crippen LogP contribution is -2.08. The van der Waals surface area contributed by atoms with Crippen LogP contribution in [0.15, 0.2) is 24.3 Å². The van der Waals surface area contributed by atoms with E-state index >= 15 is 0 Å². The molecule has 0 N–H and O–H groups in total. The average molecular weight is 250 g/mol. The van der Waals surface area contributed by atoms with Crippen molar-refractivity contribution < 1.29 is 19.1 Å². The number of carbonyl (C=O) groups is 2. The SMILES string of the molecule is CCOC(=O)CCC(=O)c1ccc(COC)cc1. The molecule has 18 heavy (non-hydrogen) atoms. The molecular weight excluding hydrogens is 232 g/mol. The van der Waals surface area contributed by atoms with Crippen molar-refractivity contribution in [3.8, 4) is 0 Å². The fourth-order valence-electron chi connectivity index (χ4n) is 1.55. The van der Waals surface area contributed by atoms with Crippen LogP contribution in [0.25, 0.3) is 0 Å². The minimum atomic E-state index is -0.332.